The van der Waals surface area contributed by atoms with Crippen molar-refractivity contribution < 1.29 is 0 Å². The quantitative estimate of drug-likeness (QED) is 0.834. The lowest BCUT2D eigenvalue weighted by Gasteiger charge is -2.54. The molecular weight excluding hydrogens is 220 g/mol. The fourth-order valence-electron chi connectivity index (χ4n) is 4.75. The Morgan fingerprint density at radius 1 is 1.17 bits per heavy atom. The third kappa shape index (κ3) is 2.22. The molecule has 106 valence electrons. The summed E-state index contributed by atoms with van der Waals surface area (Å²) < 4.78 is 0. The second kappa shape index (κ2) is 5.50. The third-order valence-corrected chi connectivity index (χ3v) is 5.87. The number of rotatable bonds is 3. The van der Waals surface area contributed by atoms with Gasteiger partial charge in [0.2, 0.25) is 0 Å². The molecule has 1 aliphatic carbocycles. The third-order valence-electron chi connectivity index (χ3n) is 5.87. The van der Waals surface area contributed by atoms with E-state index < -0.39 is 0 Å². The van der Waals surface area contributed by atoms with Crippen LogP contribution in [0.5, 0.6) is 0 Å². The SMILES string of the molecule is CCC1CCC(C)N1C1(CN)CCC(C)CC1C. The van der Waals surface area contributed by atoms with Gasteiger partial charge in [-0.05, 0) is 57.3 Å². The first-order valence-corrected chi connectivity index (χ1v) is 8.03. The molecule has 2 rings (SSSR count). The maximum absolute atomic E-state index is 6.29. The predicted octanol–water partition coefficient (Wildman–Crippen LogP) is 3.40. The van der Waals surface area contributed by atoms with Gasteiger partial charge in [0.15, 0.2) is 0 Å². The molecule has 0 amide bonds. The summed E-state index contributed by atoms with van der Waals surface area (Å²) in [6.45, 7) is 10.5. The van der Waals surface area contributed by atoms with Gasteiger partial charge < -0.3 is 5.73 Å². The molecular formula is C16H32N2. The minimum absolute atomic E-state index is 0.295. The highest BCUT2D eigenvalue weighted by Gasteiger charge is 2.49. The molecule has 2 N–H and O–H groups in total. The lowest BCUT2D eigenvalue weighted by Crippen LogP contribution is -2.63. The molecule has 0 bridgehead atoms. The summed E-state index contributed by atoms with van der Waals surface area (Å²) in [6, 6.07) is 1.51. The second-order valence-electron chi connectivity index (χ2n) is 6.98. The van der Waals surface area contributed by atoms with Crippen molar-refractivity contribution in [1.82, 2.24) is 4.90 Å². The molecule has 0 aromatic heterocycles. The average molecular weight is 252 g/mol. The summed E-state index contributed by atoms with van der Waals surface area (Å²) in [5.74, 6) is 1.64. The van der Waals surface area contributed by atoms with Crippen LogP contribution < -0.4 is 5.73 Å². The number of hydrogen-bond acceptors (Lipinski definition) is 2. The normalized spacial score (nSPS) is 46.5. The van der Waals surface area contributed by atoms with E-state index in [1.807, 2.05) is 0 Å². The van der Waals surface area contributed by atoms with Gasteiger partial charge in [-0.3, -0.25) is 4.90 Å². The van der Waals surface area contributed by atoms with E-state index in [1.54, 1.807) is 0 Å². The Labute approximate surface area is 113 Å². The second-order valence-corrected chi connectivity index (χ2v) is 6.98. The number of likely N-dealkylation sites (tertiary alicyclic amines) is 1. The van der Waals surface area contributed by atoms with Crippen LogP contribution in [0.15, 0.2) is 0 Å². The van der Waals surface area contributed by atoms with Crippen molar-refractivity contribution in [3.63, 3.8) is 0 Å². The Morgan fingerprint density at radius 3 is 2.44 bits per heavy atom. The molecule has 0 radical (unpaired) electrons. The van der Waals surface area contributed by atoms with E-state index in [2.05, 4.69) is 32.6 Å². The van der Waals surface area contributed by atoms with Crippen LogP contribution in [-0.4, -0.2) is 29.1 Å². The Balaban J connectivity index is 2.25. The van der Waals surface area contributed by atoms with Gasteiger partial charge in [0, 0.05) is 24.2 Å². The maximum Gasteiger partial charge on any atom is 0.0363 e. The zero-order valence-corrected chi connectivity index (χ0v) is 12.8. The minimum atomic E-state index is 0.295. The van der Waals surface area contributed by atoms with Crippen LogP contribution in [0.25, 0.3) is 0 Å². The number of nitrogens with zero attached hydrogens (tertiary/aromatic N) is 1. The lowest BCUT2D eigenvalue weighted by atomic mass is 9.68. The van der Waals surface area contributed by atoms with Crippen LogP contribution in [0, 0.1) is 11.8 Å². The molecule has 1 saturated heterocycles. The van der Waals surface area contributed by atoms with Crippen LogP contribution in [0.2, 0.25) is 0 Å². The van der Waals surface area contributed by atoms with E-state index in [0.29, 0.717) is 5.54 Å². The Morgan fingerprint density at radius 2 is 1.89 bits per heavy atom. The van der Waals surface area contributed by atoms with Gasteiger partial charge in [0.25, 0.3) is 0 Å². The van der Waals surface area contributed by atoms with E-state index in [4.69, 9.17) is 5.73 Å². The molecule has 2 aliphatic rings. The molecule has 18 heavy (non-hydrogen) atoms. The standard InChI is InChI=1S/C16H32N2/c1-5-15-7-6-14(4)18(15)16(11-17)9-8-12(2)10-13(16)3/h12-15H,5-11,17H2,1-4H3. The molecule has 1 heterocycles. The van der Waals surface area contributed by atoms with Crippen LogP contribution in [0.1, 0.15) is 66.2 Å². The van der Waals surface area contributed by atoms with Gasteiger partial charge in [0.1, 0.15) is 0 Å². The molecule has 2 fully saturated rings. The van der Waals surface area contributed by atoms with E-state index in [1.165, 1.54) is 38.5 Å². The van der Waals surface area contributed by atoms with Crippen molar-refractivity contribution in [3.05, 3.63) is 0 Å². The van der Waals surface area contributed by atoms with Crippen LogP contribution >= 0.6 is 0 Å². The molecule has 2 nitrogen and oxygen atoms in total. The fourth-order valence-corrected chi connectivity index (χ4v) is 4.75. The minimum Gasteiger partial charge on any atom is -0.329 e. The van der Waals surface area contributed by atoms with Crippen molar-refractivity contribution in [2.45, 2.75) is 83.8 Å². The molecule has 0 aromatic rings. The Bertz CT molecular complexity index is 278. The van der Waals surface area contributed by atoms with Gasteiger partial charge in [-0.25, -0.2) is 0 Å². The largest absolute Gasteiger partial charge is 0.329 e. The molecule has 5 atom stereocenters. The maximum atomic E-state index is 6.29. The molecule has 2 heteroatoms. The van der Waals surface area contributed by atoms with Gasteiger partial charge >= 0.3 is 0 Å². The van der Waals surface area contributed by atoms with Crippen molar-refractivity contribution in [1.29, 1.82) is 0 Å². The first-order valence-electron chi connectivity index (χ1n) is 8.03. The average Bonchev–Trinajstić information content (AvgIpc) is 2.72. The summed E-state index contributed by atoms with van der Waals surface area (Å²) in [7, 11) is 0. The summed E-state index contributed by atoms with van der Waals surface area (Å²) >= 11 is 0. The summed E-state index contributed by atoms with van der Waals surface area (Å²) in [4.78, 5) is 2.84. The van der Waals surface area contributed by atoms with Gasteiger partial charge in [0.05, 0.1) is 0 Å². The van der Waals surface area contributed by atoms with Gasteiger partial charge in [-0.1, -0.05) is 20.8 Å². The van der Waals surface area contributed by atoms with Gasteiger partial charge in [-0.15, -0.1) is 0 Å². The van der Waals surface area contributed by atoms with E-state index in [0.717, 1.165) is 30.5 Å². The summed E-state index contributed by atoms with van der Waals surface area (Å²) in [5, 5.41) is 0. The summed E-state index contributed by atoms with van der Waals surface area (Å²) in [5.41, 5.74) is 6.59. The zero-order chi connectivity index (χ0) is 13.3. The van der Waals surface area contributed by atoms with Crippen molar-refractivity contribution in [2.75, 3.05) is 6.54 Å². The first kappa shape index (κ1) is 14.3. The van der Waals surface area contributed by atoms with Crippen LogP contribution in [-0.2, 0) is 0 Å². The highest BCUT2D eigenvalue weighted by Crippen LogP contribution is 2.45. The highest BCUT2D eigenvalue weighted by atomic mass is 15.3. The molecule has 1 saturated carbocycles. The van der Waals surface area contributed by atoms with Crippen molar-refractivity contribution >= 4 is 0 Å². The molecule has 5 unspecified atom stereocenters. The number of hydrogen-bond donors (Lipinski definition) is 1. The molecule has 0 spiro atoms. The predicted molar refractivity (Wildman–Crippen MR) is 78.6 cm³/mol. The van der Waals surface area contributed by atoms with Crippen molar-refractivity contribution in [3.8, 4) is 0 Å². The topological polar surface area (TPSA) is 29.3 Å². The van der Waals surface area contributed by atoms with Crippen molar-refractivity contribution in [2.24, 2.45) is 17.6 Å². The molecule has 0 aromatic carbocycles. The molecule has 1 aliphatic heterocycles. The monoisotopic (exact) mass is 252 g/mol. The van der Waals surface area contributed by atoms with E-state index >= 15 is 0 Å². The zero-order valence-electron chi connectivity index (χ0n) is 12.8. The van der Waals surface area contributed by atoms with E-state index in [-0.39, 0.29) is 0 Å². The lowest BCUT2D eigenvalue weighted by molar-refractivity contribution is -0.0310. The van der Waals surface area contributed by atoms with Crippen LogP contribution in [0.3, 0.4) is 0 Å². The Hall–Kier alpha value is -0.0800. The number of nitrogens with two attached hydrogens (primary N) is 1. The van der Waals surface area contributed by atoms with E-state index in [9.17, 15) is 0 Å². The highest BCUT2D eigenvalue weighted by molar-refractivity contribution is 5.05. The first-order chi connectivity index (χ1) is 8.55. The fraction of sp³-hybridized carbons (Fsp3) is 1.00. The Kier molecular flexibility index (Phi) is 4.38. The summed E-state index contributed by atoms with van der Waals surface area (Å²) in [6.07, 6.45) is 8.06. The van der Waals surface area contributed by atoms with Gasteiger partial charge in [-0.2, -0.15) is 0 Å². The van der Waals surface area contributed by atoms with Crippen LogP contribution in [0.4, 0.5) is 0 Å². The smallest absolute Gasteiger partial charge is 0.0363 e.